The molecule has 7 heteroatoms. The molecule has 0 spiro atoms. The number of anilines is 1. The van der Waals surface area contributed by atoms with Crippen molar-refractivity contribution in [1.82, 2.24) is 4.98 Å². The molecule has 0 aliphatic carbocycles. The van der Waals surface area contributed by atoms with Gasteiger partial charge in [-0.15, -0.1) is 11.3 Å². The van der Waals surface area contributed by atoms with Gasteiger partial charge < -0.3 is 9.47 Å². The van der Waals surface area contributed by atoms with E-state index in [2.05, 4.69) is 36.3 Å². The van der Waals surface area contributed by atoms with Crippen molar-refractivity contribution in [3.05, 3.63) is 34.8 Å². The first-order chi connectivity index (χ1) is 11.4. The van der Waals surface area contributed by atoms with Gasteiger partial charge in [-0.1, -0.05) is 20.8 Å². The number of benzene rings is 1. The first kappa shape index (κ1) is 17.8. The summed E-state index contributed by atoms with van der Waals surface area (Å²) in [6, 6.07) is 7.30. The quantitative estimate of drug-likeness (QED) is 0.637. The fraction of sp³-hybridized carbons (Fsp3) is 0.353. The molecule has 2 rings (SSSR count). The van der Waals surface area contributed by atoms with Gasteiger partial charge >= 0.3 is 0 Å². The molecule has 6 nitrogen and oxygen atoms in total. The van der Waals surface area contributed by atoms with Gasteiger partial charge in [0.2, 0.25) is 5.13 Å². The normalized spacial score (nSPS) is 11.3. The molecule has 126 valence electrons. The third-order valence-electron chi connectivity index (χ3n) is 3.13. The molecule has 0 aliphatic heterocycles. The maximum absolute atomic E-state index is 8.57. The fourth-order valence-corrected chi connectivity index (χ4v) is 2.71. The number of nitriles is 1. The molecule has 24 heavy (non-hydrogen) atoms. The summed E-state index contributed by atoms with van der Waals surface area (Å²) in [5.41, 5.74) is 4.83. The molecule has 0 amide bonds. The van der Waals surface area contributed by atoms with Crippen LogP contribution < -0.4 is 14.9 Å². The molecule has 0 unspecified atom stereocenters. The molecular formula is C17H20N4O2S. The van der Waals surface area contributed by atoms with Gasteiger partial charge in [-0.3, -0.25) is 5.43 Å². The van der Waals surface area contributed by atoms with Crippen molar-refractivity contribution in [3.63, 3.8) is 0 Å². The molecule has 1 aromatic heterocycles. The first-order valence-corrected chi connectivity index (χ1v) is 8.25. The second-order valence-electron chi connectivity index (χ2n) is 6.01. The molecule has 0 bridgehead atoms. The molecule has 0 saturated carbocycles. The molecule has 2 aromatic rings. The fourth-order valence-electron chi connectivity index (χ4n) is 1.83. The Morgan fingerprint density at radius 2 is 2.17 bits per heavy atom. The molecule has 1 N–H and O–H groups in total. The van der Waals surface area contributed by atoms with Crippen LogP contribution in [0.25, 0.3) is 0 Å². The van der Waals surface area contributed by atoms with E-state index in [4.69, 9.17) is 14.7 Å². The second-order valence-corrected chi connectivity index (χ2v) is 6.87. The summed E-state index contributed by atoms with van der Waals surface area (Å²) < 4.78 is 10.5. The van der Waals surface area contributed by atoms with Gasteiger partial charge in [-0.2, -0.15) is 10.4 Å². The van der Waals surface area contributed by atoms with Crippen molar-refractivity contribution >= 4 is 22.7 Å². The molecule has 1 heterocycles. The Balaban J connectivity index is 2.04. The number of thiazole rings is 1. The van der Waals surface area contributed by atoms with E-state index in [9.17, 15) is 0 Å². The lowest BCUT2D eigenvalue weighted by Gasteiger charge is -2.13. The van der Waals surface area contributed by atoms with E-state index in [0.29, 0.717) is 11.5 Å². The van der Waals surface area contributed by atoms with Crippen LogP contribution in [0.5, 0.6) is 11.5 Å². The number of hydrogen-bond acceptors (Lipinski definition) is 7. The monoisotopic (exact) mass is 344 g/mol. The number of nitrogens with one attached hydrogen (secondary N) is 1. The van der Waals surface area contributed by atoms with E-state index >= 15 is 0 Å². The van der Waals surface area contributed by atoms with Crippen LogP contribution in [0.3, 0.4) is 0 Å². The smallest absolute Gasteiger partial charge is 0.203 e. The Labute approximate surface area is 145 Å². The van der Waals surface area contributed by atoms with Crippen LogP contribution in [0.2, 0.25) is 0 Å². The number of ether oxygens (including phenoxy) is 2. The topological polar surface area (TPSA) is 79.5 Å². The van der Waals surface area contributed by atoms with Crippen LogP contribution in [-0.2, 0) is 5.41 Å². The number of rotatable bonds is 6. The molecule has 0 atom stereocenters. The SMILES string of the molecule is COc1cc(/C=N\Nc2nc(C(C)(C)C)cs2)ccc1OCC#N. The van der Waals surface area contributed by atoms with Crippen LogP contribution in [0, 0.1) is 11.3 Å². The molecule has 0 aliphatic rings. The Morgan fingerprint density at radius 1 is 1.38 bits per heavy atom. The van der Waals surface area contributed by atoms with E-state index in [-0.39, 0.29) is 12.0 Å². The van der Waals surface area contributed by atoms with Gasteiger partial charge in [0.15, 0.2) is 18.1 Å². The highest BCUT2D eigenvalue weighted by molar-refractivity contribution is 7.13. The van der Waals surface area contributed by atoms with Gasteiger partial charge in [-0.25, -0.2) is 4.98 Å². The molecule has 0 radical (unpaired) electrons. The van der Waals surface area contributed by atoms with E-state index in [0.717, 1.165) is 16.4 Å². The summed E-state index contributed by atoms with van der Waals surface area (Å²) in [5, 5.41) is 15.5. The number of hydrogen-bond donors (Lipinski definition) is 1. The minimum Gasteiger partial charge on any atom is -0.493 e. The number of hydrazone groups is 1. The maximum Gasteiger partial charge on any atom is 0.203 e. The van der Waals surface area contributed by atoms with Gasteiger partial charge in [0.05, 0.1) is 19.0 Å². The van der Waals surface area contributed by atoms with Crippen LogP contribution in [0.1, 0.15) is 32.0 Å². The van der Waals surface area contributed by atoms with Crippen molar-refractivity contribution in [2.45, 2.75) is 26.2 Å². The van der Waals surface area contributed by atoms with Crippen molar-refractivity contribution in [2.24, 2.45) is 5.10 Å². The Kier molecular flexibility index (Phi) is 5.77. The zero-order valence-electron chi connectivity index (χ0n) is 14.2. The van der Waals surface area contributed by atoms with Crippen molar-refractivity contribution in [3.8, 4) is 17.6 Å². The summed E-state index contributed by atoms with van der Waals surface area (Å²) in [7, 11) is 1.55. The van der Waals surface area contributed by atoms with Gasteiger partial charge in [0.25, 0.3) is 0 Å². The van der Waals surface area contributed by atoms with Crippen LogP contribution in [0.4, 0.5) is 5.13 Å². The highest BCUT2D eigenvalue weighted by atomic mass is 32.1. The van der Waals surface area contributed by atoms with E-state index in [1.54, 1.807) is 25.5 Å². The number of nitrogens with zero attached hydrogens (tertiary/aromatic N) is 3. The molecule has 0 saturated heterocycles. The average Bonchev–Trinajstić information content (AvgIpc) is 3.02. The van der Waals surface area contributed by atoms with Gasteiger partial charge in [0.1, 0.15) is 6.07 Å². The highest BCUT2D eigenvalue weighted by Crippen LogP contribution is 2.28. The van der Waals surface area contributed by atoms with Gasteiger partial charge in [-0.05, 0) is 23.8 Å². The summed E-state index contributed by atoms with van der Waals surface area (Å²) in [6.45, 7) is 6.34. The number of methoxy groups -OCH3 is 1. The molecular weight excluding hydrogens is 324 g/mol. The Bertz CT molecular complexity index is 757. The summed E-state index contributed by atoms with van der Waals surface area (Å²) >= 11 is 1.52. The summed E-state index contributed by atoms with van der Waals surface area (Å²) in [5.74, 6) is 1.08. The van der Waals surface area contributed by atoms with E-state index in [1.807, 2.05) is 17.5 Å². The van der Waals surface area contributed by atoms with Crippen molar-refractivity contribution in [2.75, 3.05) is 19.1 Å². The number of aromatic nitrogens is 1. The predicted molar refractivity (Wildman–Crippen MR) is 96.1 cm³/mol. The third kappa shape index (κ3) is 4.70. The predicted octanol–water partition coefficient (Wildman–Crippen LogP) is 3.80. The van der Waals surface area contributed by atoms with Crippen molar-refractivity contribution in [1.29, 1.82) is 5.26 Å². The summed E-state index contributed by atoms with van der Waals surface area (Å²) in [4.78, 5) is 4.51. The lowest BCUT2D eigenvalue weighted by atomic mass is 9.93. The van der Waals surface area contributed by atoms with Crippen LogP contribution in [0.15, 0.2) is 28.7 Å². The zero-order chi connectivity index (χ0) is 17.6. The third-order valence-corrected chi connectivity index (χ3v) is 3.87. The minimum absolute atomic E-state index is 0.0206. The highest BCUT2D eigenvalue weighted by Gasteiger charge is 2.17. The van der Waals surface area contributed by atoms with E-state index < -0.39 is 0 Å². The van der Waals surface area contributed by atoms with Crippen LogP contribution in [-0.4, -0.2) is 24.9 Å². The standard InChI is InChI=1S/C17H20N4O2S/c1-17(2,3)15-11-24-16(20-15)21-19-10-12-5-6-13(23-8-7-18)14(9-12)22-4/h5-6,9-11H,8H2,1-4H3,(H,20,21)/b19-10-. The lowest BCUT2D eigenvalue weighted by molar-refractivity contribution is 0.329. The second kappa shape index (κ2) is 7.79. The lowest BCUT2D eigenvalue weighted by Crippen LogP contribution is -2.11. The average molecular weight is 344 g/mol. The minimum atomic E-state index is -0.0223. The maximum atomic E-state index is 8.57. The summed E-state index contributed by atoms with van der Waals surface area (Å²) in [6.07, 6.45) is 1.68. The first-order valence-electron chi connectivity index (χ1n) is 7.37. The zero-order valence-corrected chi connectivity index (χ0v) is 15.0. The molecule has 1 aromatic carbocycles. The largest absolute Gasteiger partial charge is 0.493 e. The van der Waals surface area contributed by atoms with Crippen molar-refractivity contribution < 1.29 is 9.47 Å². The molecule has 0 fully saturated rings. The Morgan fingerprint density at radius 3 is 2.79 bits per heavy atom. The van der Waals surface area contributed by atoms with E-state index in [1.165, 1.54) is 11.3 Å². The Hall–Kier alpha value is -2.59. The van der Waals surface area contributed by atoms with Crippen LogP contribution >= 0.6 is 11.3 Å². The van der Waals surface area contributed by atoms with Gasteiger partial charge in [0, 0.05) is 10.8 Å².